The Morgan fingerprint density at radius 3 is 2.96 bits per heavy atom. The van der Waals surface area contributed by atoms with Gasteiger partial charge in [0.2, 0.25) is 0 Å². The lowest BCUT2D eigenvalue weighted by Crippen LogP contribution is -2.43. The summed E-state index contributed by atoms with van der Waals surface area (Å²) in [7, 11) is 0. The summed E-state index contributed by atoms with van der Waals surface area (Å²) in [5.41, 5.74) is 6.17. The number of nitrogens with two attached hydrogens (primary N) is 1. The number of rotatable bonds is 3. The first kappa shape index (κ1) is 16.2. The van der Waals surface area contributed by atoms with Gasteiger partial charge in [0.05, 0.1) is 18.8 Å². The van der Waals surface area contributed by atoms with Crippen LogP contribution in [0.5, 0.6) is 0 Å². The van der Waals surface area contributed by atoms with E-state index in [9.17, 15) is 15.3 Å². The number of nitrogen functional groups attached to an aromatic ring is 1. The van der Waals surface area contributed by atoms with Gasteiger partial charge < -0.3 is 31.1 Å². The number of aliphatic imine (C=N–C) groups is 1. The van der Waals surface area contributed by atoms with Crippen molar-refractivity contribution in [3.63, 3.8) is 0 Å². The Morgan fingerprint density at radius 2 is 2.32 bits per heavy atom. The molecule has 2 aromatic heterocycles. The zero-order valence-corrected chi connectivity index (χ0v) is 13.6. The number of nitrogens with zero attached hydrogens (tertiary/aromatic N) is 4. The number of amidine groups is 1. The van der Waals surface area contributed by atoms with Crippen molar-refractivity contribution in [2.75, 3.05) is 25.4 Å². The van der Waals surface area contributed by atoms with Gasteiger partial charge in [-0.15, -0.1) is 0 Å². The van der Waals surface area contributed by atoms with Crippen LogP contribution in [-0.4, -0.2) is 73.3 Å². The number of hydrogen-bond acceptors (Lipinski definition) is 9. The minimum Gasteiger partial charge on any atom is -0.394 e. The van der Waals surface area contributed by atoms with E-state index in [0.717, 1.165) is 6.54 Å². The average molecular weight is 348 g/mol. The van der Waals surface area contributed by atoms with Gasteiger partial charge in [-0.25, -0.2) is 9.50 Å². The van der Waals surface area contributed by atoms with Crippen molar-refractivity contribution in [2.45, 2.75) is 30.8 Å². The highest BCUT2D eigenvalue weighted by Crippen LogP contribution is 2.42. The normalized spacial score (nSPS) is 32.2. The van der Waals surface area contributed by atoms with Crippen molar-refractivity contribution in [3.05, 3.63) is 23.7 Å². The second-order valence-corrected chi connectivity index (χ2v) is 6.45. The zero-order chi connectivity index (χ0) is 17.8. The first-order chi connectivity index (χ1) is 11.9. The maximum absolute atomic E-state index is 10.8. The van der Waals surface area contributed by atoms with E-state index in [4.69, 9.17) is 10.5 Å². The van der Waals surface area contributed by atoms with Crippen LogP contribution >= 0.6 is 0 Å². The number of anilines is 1. The second-order valence-electron chi connectivity index (χ2n) is 6.45. The lowest BCUT2D eigenvalue weighted by atomic mass is 9.91. The minimum absolute atomic E-state index is 0.268. The molecule has 1 saturated heterocycles. The highest BCUT2D eigenvalue weighted by Gasteiger charge is 2.53. The minimum atomic E-state index is -1.61. The third-order valence-electron chi connectivity index (χ3n) is 4.78. The van der Waals surface area contributed by atoms with E-state index in [1.165, 1.54) is 17.8 Å². The molecule has 6 N–H and O–H groups in total. The molecule has 0 saturated carbocycles. The molecule has 10 heteroatoms. The molecule has 2 aromatic rings. The molecule has 25 heavy (non-hydrogen) atoms. The van der Waals surface area contributed by atoms with Crippen molar-refractivity contribution in [1.82, 2.24) is 19.9 Å². The van der Waals surface area contributed by atoms with Gasteiger partial charge in [-0.2, -0.15) is 5.10 Å². The number of ether oxygens (including phenoxy) is 1. The summed E-state index contributed by atoms with van der Waals surface area (Å²) >= 11 is 0. The number of hydrogen-bond donors (Lipinski definition) is 5. The zero-order valence-electron chi connectivity index (χ0n) is 13.6. The molecule has 0 bridgehead atoms. The molecule has 0 spiro atoms. The lowest BCUT2D eigenvalue weighted by Gasteiger charge is -2.26. The van der Waals surface area contributed by atoms with Gasteiger partial charge in [-0.1, -0.05) is 0 Å². The highest BCUT2D eigenvalue weighted by atomic mass is 16.6. The molecule has 0 unspecified atom stereocenters. The van der Waals surface area contributed by atoms with Crippen LogP contribution in [0.25, 0.3) is 5.52 Å². The van der Waals surface area contributed by atoms with Crippen LogP contribution in [0.1, 0.15) is 24.3 Å². The largest absolute Gasteiger partial charge is 0.394 e. The SMILES string of the molecule is C[C@@]1(O)[C@H](O)[C@@H](CO)O[C@H]1c1cc(C2=NCCN2)c2c(N)ncnn12. The van der Waals surface area contributed by atoms with Crippen LogP contribution < -0.4 is 11.1 Å². The Morgan fingerprint density at radius 1 is 1.52 bits per heavy atom. The fraction of sp³-hybridized carbons (Fsp3) is 0.533. The van der Waals surface area contributed by atoms with Gasteiger partial charge in [-0.05, 0) is 13.0 Å². The predicted octanol–water partition coefficient (Wildman–Crippen LogP) is -1.79. The van der Waals surface area contributed by atoms with Crippen LogP contribution in [0.15, 0.2) is 17.4 Å². The van der Waals surface area contributed by atoms with Crippen LogP contribution in [0.3, 0.4) is 0 Å². The summed E-state index contributed by atoms with van der Waals surface area (Å²) in [5, 5.41) is 37.8. The summed E-state index contributed by atoms with van der Waals surface area (Å²) < 4.78 is 7.25. The molecule has 2 aliphatic rings. The van der Waals surface area contributed by atoms with E-state index < -0.39 is 30.5 Å². The smallest absolute Gasteiger partial charge is 0.152 e. The van der Waals surface area contributed by atoms with Crippen LogP contribution in [0.2, 0.25) is 0 Å². The van der Waals surface area contributed by atoms with Crippen molar-refractivity contribution >= 4 is 17.2 Å². The van der Waals surface area contributed by atoms with Gasteiger partial charge in [0, 0.05) is 12.1 Å². The first-order valence-electron chi connectivity index (χ1n) is 8.02. The average Bonchev–Trinajstić information content (AvgIpc) is 3.27. The fourth-order valence-corrected chi connectivity index (χ4v) is 3.47. The predicted molar refractivity (Wildman–Crippen MR) is 88.1 cm³/mol. The third kappa shape index (κ3) is 2.29. The second kappa shape index (κ2) is 5.63. The molecular formula is C15H20N6O4. The summed E-state index contributed by atoms with van der Waals surface area (Å²) in [4.78, 5) is 8.44. The number of nitrogens with one attached hydrogen (secondary N) is 1. The number of aliphatic hydroxyl groups is 3. The molecule has 1 fully saturated rings. The van der Waals surface area contributed by atoms with Crippen molar-refractivity contribution < 1.29 is 20.1 Å². The van der Waals surface area contributed by atoms with Crippen molar-refractivity contribution in [3.8, 4) is 0 Å². The summed E-state index contributed by atoms with van der Waals surface area (Å²) in [6, 6.07) is 1.77. The summed E-state index contributed by atoms with van der Waals surface area (Å²) in [5.74, 6) is 0.937. The van der Waals surface area contributed by atoms with E-state index in [-0.39, 0.29) is 5.82 Å². The number of aliphatic hydroxyl groups excluding tert-OH is 2. The Labute approximate surface area is 143 Å². The first-order valence-corrected chi connectivity index (χ1v) is 8.02. The Bertz CT molecular complexity index is 848. The van der Waals surface area contributed by atoms with Crippen molar-refractivity contribution in [1.29, 1.82) is 0 Å². The Hall–Kier alpha value is -2.27. The quantitative estimate of drug-likeness (QED) is 0.436. The molecule has 0 radical (unpaired) electrons. The Kier molecular flexibility index (Phi) is 3.65. The highest BCUT2D eigenvalue weighted by molar-refractivity contribution is 6.07. The van der Waals surface area contributed by atoms with Gasteiger partial charge >= 0.3 is 0 Å². The monoisotopic (exact) mass is 348 g/mol. The van der Waals surface area contributed by atoms with E-state index in [1.807, 2.05) is 0 Å². The molecule has 0 aromatic carbocycles. The third-order valence-corrected chi connectivity index (χ3v) is 4.78. The van der Waals surface area contributed by atoms with Crippen LogP contribution in [0, 0.1) is 0 Å². The van der Waals surface area contributed by atoms with Crippen LogP contribution in [-0.2, 0) is 4.74 Å². The molecular weight excluding hydrogens is 328 g/mol. The van der Waals surface area contributed by atoms with Gasteiger partial charge in [-0.3, -0.25) is 4.99 Å². The fourth-order valence-electron chi connectivity index (χ4n) is 3.47. The van der Waals surface area contributed by atoms with Crippen LogP contribution in [0.4, 0.5) is 5.82 Å². The van der Waals surface area contributed by atoms with Crippen molar-refractivity contribution in [2.24, 2.45) is 4.99 Å². The molecule has 0 amide bonds. The molecule has 0 aliphatic carbocycles. The molecule has 10 nitrogen and oxygen atoms in total. The summed E-state index contributed by atoms with van der Waals surface area (Å²) in [6.07, 6.45) is -1.73. The Balaban J connectivity index is 1.90. The topological polar surface area (TPSA) is 151 Å². The van der Waals surface area contributed by atoms with Gasteiger partial charge in [0.1, 0.15) is 41.6 Å². The molecule has 4 atom stereocenters. The maximum Gasteiger partial charge on any atom is 0.152 e. The molecule has 134 valence electrons. The standard InChI is InChI=1S/C15H20N6O4/c1-15(24)11(23)9(5-22)25-12(15)8-4-7(14-17-2-3-18-14)10-13(16)19-6-20-21(8)10/h4,6,9,11-12,22-24H,2-3,5H2,1H3,(H,17,18)(H2,16,19,20)/t9-,11-,12+,15-/m1/s1. The summed E-state index contributed by atoms with van der Waals surface area (Å²) in [6.45, 7) is 2.43. The maximum atomic E-state index is 10.8. The van der Waals surface area contributed by atoms with E-state index in [1.54, 1.807) is 6.07 Å². The number of aromatic nitrogens is 3. The molecule has 2 aliphatic heterocycles. The van der Waals surface area contributed by atoms with E-state index in [2.05, 4.69) is 20.4 Å². The van der Waals surface area contributed by atoms with E-state index >= 15 is 0 Å². The lowest BCUT2D eigenvalue weighted by molar-refractivity contribution is -0.0664. The van der Waals surface area contributed by atoms with Gasteiger partial charge in [0.25, 0.3) is 0 Å². The van der Waals surface area contributed by atoms with Gasteiger partial charge in [0.15, 0.2) is 5.82 Å². The number of fused-ring (bicyclic) bond motifs is 1. The molecule has 4 heterocycles. The van der Waals surface area contributed by atoms with E-state index in [0.29, 0.717) is 29.2 Å². The molecule has 4 rings (SSSR count).